The normalized spacial score (nSPS) is 26.8. The maximum Gasteiger partial charge on any atom is -0.0292 e. The van der Waals surface area contributed by atoms with E-state index in [4.69, 9.17) is 0 Å². The first-order valence-corrected chi connectivity index (χ1v) is 4.36. The molecule has 0 heterocycles. The Balaban J connectivity index is 2.45. The molecule has 0 aromatic carbocycles. The van der Waals surface area contributed by atoms with E-state index in [1.54, 1.807) is 5.57 Å². The highest BCUT2D eigenvalue weighted by Crippen LogP contribution is 2.29. The highest BCUT2D eigenvalue weighted by atomic mass is 14.2. The van der Waals surface area contributed by atoms with Gasteiger partial charge >= 0.3 is 0 Å². The van der Waals surface area contributed by atoms with Gasteiger partial charge < -0.3 is 0 Å². The molecule has 1 atom stereocenters. The molecule has 0 fully saturated rings. The maximum absolute atomic E-state index is 2.39. The third-order valence-electron chi connectivity index (χ3n) is 2.56. The molecule has 0 saturated carbocycles. The van der Waals surface area contributed by atoms with Crippen molar-refractivity contribution in [3.8, 4) is 0 Å². The van der Waals surface area contributed by atoms with Gasteiger partial charge in [0.05, 0.1) is 0 Å². The first-order chi connectivity index (χ1) is 4.70. The molecule has 0 radical (unpaired) electrons. The Morgan fingerprint density at radius 2 is 2.20 bits per heavy atom. The molecule has 0 aliphatic heterocycles. The average Bonchev–Trinajstić information content (AvgIpc) is 1.88. The molecule has 0 aromatic heterocycles. The zero-order valence-electron chi connectivity index (χ0n) is 7.35. The fourth-order valence-corrected chi connectivity index (χ4v) is 1.71. The summed E-state index contributed by atoms with van der Waals surface area (Å²) in [6.07, 6.45) is 6.46. The van der Waals surface area contributed by atoms with Crippen molar-refractivity contribution in [1.29, 1.82) is 0 Å². The Labute approximate surface area is 64.3 Å². The summed E-state index contributed by atoms with van der Waals surface area (Å²) >= 11 is 0. The largest absolute Gasteiger partial charge is 0.0856 e. The lowest BCUT2D eigenvalue weighted by molar-refractivity contribution is 0.347. The molecule has 0 saturated heterocycles. The summed E-state index contributed by atoms with van der Waals surface area (Å²) in [5, 5.41) is 0. The molecule has 1 rings (SSSR count). The molecule has 0 heteroatoms. The quantitative estimate of drug-likeness (QED) is 0.487. The van der Waals surface area contributed by atoms with Crippen molar-refractivity contribution >= 4 is 0 Å². The Morgan fingerprint density at radius 1 is 1.50 bits per heavy atom. The summed E-state index contributed by atoms with van der Waals surface area (Å²) in [5.41, 5.74) is 1.60. The third kappa shape index (κ3) is 1.86. The number of hydrogen-bond donors (Lipinski definition) is 0. The van der Waals surface area contributed by atoms with Crippen LogP contribution in [0.2, 0.25) is 0 Å². The van der Waals surface area contributed by atoms with Crippen LogP contribution in [0.25, 0.3) is 0 Å². The summed E-state index contributed by atoms with van der Waals surface area (Å²) in [7, 11) is 0. The maximum atomic E-state index is 2.39. The molecule has 58 valence electrons. The standard InChI is InChI=1S/C10H18/c1-8(2)10-6-4-5-9(3)7-10/h5,8,10H,4,6-7H2,1-3H3. The van der Waals surface area contributed by atoms with E-state index in [0.717, 1.165) is 11.8 Å². The van der Waals surface area contributed by atoms with Crippen LogP contribution in [-0.2, 0) is 0 Å². The van der Waals surface area contributed by atoms with Crippen molar-refractivity contribution < 1.29 is 0 Å². The van der Waals surface area contributed by atoms with E-state index in [-0.39, 0.29) is 0 Å². The van der Waals surface area contributed by atoms with Gasteiger partial charge in [0.1, 0.15) is 0 Å². The summed E-state index contributed by atoms with van der Waals surface area (Å²) in [6, 6.07) is 0. The van der Waals surface area contributed by atoms with Gasteiger partial charge in [-0.1, -0.05) is 25.5 Å². The van der Waals surface area contributed by atoms with Crippen molar-refractivity contribution in [2.45, 2.75) is 40.0 Å². The predicted octanol–water partition coefficient (Wildman–Crippen LogP) is 3.39. The van der Waals surface area contributed by atoms with E-state index >= 15 is 0 Å². The summed E-state index contributed by atoms with van der Waals surface area (Å²) in [4.78, 5) is 0. The van der Waals surface area contributed by atoms with E-state index in [1.807, 2.05) is 0 Å². The molecule has 0 amide bonds. The lowest BCUT2D eigenvalue weighted by Gasteiger charge is -2.24. The van der Waals surface area contributed by atoms with Crippen molar-refractivity contribution in [2.75, 3.05) is 0 Å². The SMILES string of the molecule is CC1=CCCC(C(C)C)C1. The highest BCUT2D eigenvalue weighted by Gasteiger charge is 2.15. The van der Waals surface area contributed by atoms with E-state index < -0.39 is 0 Å². The van der Waals surface area contributed by atoms with E-state index in [1.165, 1.54) is 19.3 Å². The second kappa shape index (κ2) is 3.23. The molecule has 10 heavy (non-hydrogen) atoms. The van der Waals surface area contributed by atoms with Gasteiger partial charge in [-0.25, -0.2) is 0 Å². The Hall–Kier alpha value is -0.260. The van der Waals surface area contributed by atoms with Gasteiger partial charge in [-0.3, -0.25) is 0 Å². The molecule has 0 spiro atoms. The lowest BCUT2D eigenvalue weighted by Crippen LogP contribution is -2.11. The summed E-state index contributed by atoms with van der Waals surface area (Å²) in [6.45, 7) is 6.93. The van der Waals surface area contributed by atoms with Gasteiger partial charge in [0, 0.05) is 0 Å². The van der Waals surface area contributed by atoms with Crippen LogP contribution < -0.4 is 0 Å². The van der Waals surface area contributed by atoms with Gasteiger partial charge in [-0.05, 0) is 38.0 Å². The van der Waals surface area contributed by atoms with Crippen LogP contribution in [0.1, 0.15) is 40.0 Å². The van der Waals surface area contributed by atoms with Gasteiger partial charge in [0.15, 0.2) is 0 Å². The van der Waals surface area contributed by atoms with Gasteiger partial charge in [0.25, 0.3) is 0 Å². The number of hydrogen-bond acceptors (Lipinski definition) is 0. The zero-order chi connectivity index (χ0) is 7.56. The van der Waals surface area contributed by atoms with Gasteiger partial charge in [0.2, 0.25) is 0 Å². The zero-order valence-corrected chi connectivity index (χ0v) is 7.35. The minimum atomic E-state index is 0.878. The topological polar surface area (TPSA) is 0 Å². The van der Waals surface area contributed by atoms with Crippen LogP contribution in [0.4, 0.5) is 0 Å². The molecule has 1 unspecified atom stereocenters. The Morgan fingerprint density at radius 3 is 2.60 bits per heavy atom. The van der Waals surface area contributed by atoms with Crippen LogP contribution in [-0.4, -0.2) is 0 Å². The smallest absolute Gasteiger partial charge is 0.0292 e. The summed E-state index contributed by atoms with van der Waals surface area (Å²) in [5.74, 6) is 1.84. The third-order valence-corrected chi connectivity index (χ3v) is 2.56. The van der Waals surface area contributed by atoms with Crippen LogP contribution in [0.5, 0.6) is 0 Å². The highest BCUT2D eigenvalue weighted by molar-refractivity contribution is 5.03. The molecular formula is C10H18. The van der Waals surface area contributed by atoms with E-state index in [0.29, 0.717) is 0 Å². The first kappa shape index (κ1) is 7.84. The molecule has 0 aromatic rings. The molecule has 1 aliphatic carbocycles. The van der Waals surface area contributed by atoms with Crippen molar-refractivity contribution in [2.24, 2.45) is 11.8 Å². The monoisotopic (exact) mass is 138 g/mol. The van der Waals surface area contributed by atoms with Crippen LogP contribution in [0, 0.1) is 11.8 Å². The van der Waals surface area contributed by atoms with Crippen LogP contribution >= 0.6 is 0 Å². The molecular weight excluding hydrogens is 120 g/mol. The summed E-state index contributed by atoms with van der Waals surface area (Å²) < 4.78 is 0. The molecule has 1 aliphatic rings. The van der Waals surface area contributed by atoms with Gasteiger partial charge in [-0.15, -0.1) is 0 Å². The molecule has 0 nitrogen and oxygen atoms in total. The van der Waals surface area contributed by atoms with E-state index in [9.17, 15) is 0 Å². The van der Waals surface area contributed by atoms with Crippen LogP contribution in [0.15, 0.2) is 11.6 Å². The predicted molar refractivity (Wildman–Crippen MR) is 45.9 cm³/mol. The Bertz CT molecular complexity index is 131. The van der Waals surface area contributed by atoms with Gasteiger partial charge in [-0.2, -0.15) is 0 Å². The minimum Gasteiger partial charge on any atom is -0.0856 e. The minimum absolute atomic E-state index is 0.878. The second-order valence-electron chi connectivity index (χ2n) is 3.84. The molecule has 0 bridgehead atoms. The fourth-order valence-electron chi connectivity index (χ4n) is 1.71. The second-order valence-corrected chi connectivity index (χ2v) is 3.84. The number of rotatable bonds is 1. The number of allylic oxidation sites excluding steroid dienone is 2. The fraction of sp³-hybridized carbons (Fsp3) is 0.800. The van der Waals surface area contributed by atoms with Crippen molar-refractivity contribution in [3.63, 3.8) is 0 Å². The Kier molecular flexibility index (Phi) is 2.53. The molecule has 0 N–H and O–H groups in total. The van der Waals surface area contributed by atoms with E-state index in [2.05, 4.69) is 26.8 Å². The lowest BCUT2D eigenvalue weighted by atomic mass is 9.82. The van der Waals surface area contributed by atoms with Crippen molar-refractivity contribution in [1.82, 2.24) is 0 Å². The average molecular weight is 138 g/mol. The van der Waals surface area contributed by atoms with Crippen LogP contribution in [0.3, 0.4) is 0 Å². The van der Waals surface area contributed by atoms with Crippen molar-refractivity contribution in [3.05, 3.63) is 11.6 Å². The first-order valence-electron chi connectivity index (χ1n) is 4.36.